The minimum absolute atomic E-state index is 0.0823. The van der Waals surface area contributed by atoms with Crippen LogP contribution in [0.1, 0.15) is 47.5 Å². The van der Waals surface area contributed by atoms with Crippen LogP contribution in [0.15, 0.2) is 0 Å². The average Bonchev–Trinajstić information content (AvgIpc) is 2.88. The predicted molar refractivity (Wildman–Crippen MR) is 108 cm³/mol. The molecule has 3 rings (SSSR count). The maximum atomic E-state index is 6.86. The Labute approximate surface area is 171 Å². The van der Waals surface area contributed by atoms with E-state index in [1.165, 1.54) is 0 Å². The Morgan fingerprint density at radius 2 is 1.50 bits per heavy atom. The molecule has 7 atom stereocenters. The summed E-state index contributed by atoms with van der Waals surface area (Å²) in [5.41, 5.74) is 0. The highest BCUT2D eigenvalue weighted by molar-refractivity contribution is 6.74. The van der Waals surface area contributed by atoms with E-state index >= 15 is 0 Å². The molecular weight excluding hydrogens is 378 g/mol. The zero-order valence-electron chi connectivity index (χ0n) is 19.2. The highest BCUT2D eigenvalue weighted by Crippen LogP contribution is 2.48. The number of methoxy groups -OCH3 is 2. The van der Waals surface area contributed by atoms with Gasteiger partial charge < -0.3 is 23.4 Å². The maximum Gasteiger partial charge on any atom is 0.220 e. The Hall–Kier alpha value is -0.0631. The van der Waals surface area contributed by atoms with Crippen molar-refractivity contribution in [1.29, 1.82) is 0 Å². The second-order valence-corrected chi connectivity index (χ2v) is 14.9. The number of hydrogen-bond donors (Lipinski definition) is 0. The van der Waals surface area contributed by atoms with Crippen LogP contribution in [0.25, 0.3) is 0 Å². The van der Waals surface area contributed by atoms with E-state index in [0.717, 1.165) is 12.8 Å². The van der Waals surface area contributed by atoms with Gasteiger partial charge in [0, 0.05) is 27.7 Å². The fourth-order valence-electron chi connectivity index (χ4n) is 4.24. The summed E-state index contributed by atoms with van der Waals surface area (Å²) in [7, 11) is 3.21. The van der Waals surface area contributed by atoms with Crippen molar-refractivity contribution in [1.82, 2.24) is 5.06 Å². The van der Waals surface area contributed by atoms with Crippen LogP contribution < -0.4 is 0 Å². The molecular formula is C20H39NO6Si. The highest BCUT2D eigenvalue weighted by Gasteiger charge is 2.63. The molecule has 8 heteroatoms. The Bertz CT molecular complexity index is 584. The molecule has 2 saturated heterocycles. The molecule has 3 aliphatic rings. The van der Waals surface area contributed by atoms with Crippen LogP contribution in [0.4, 0.5) is 0 Å². The number of ether oxygens (including phenoxy) is 4. The fraction of sp³-hybridized carbons (Fsp3) is 1.00. The highest BCUT2D eigenvalue weighted by atomic mass is 28.4. The van der Waals surface area contributed by atoms with Crippen molar-refractivity contribution in [2.24, 2.45) is 0 Å². The quantitative estimate of drug-likeness (QED) is 0.651. The lowest BCUT2D eigenvalue weighted by Crippen LogP contribution is -2.70. The van der Waals surface area contributed by atoms with Crippen molar-refractivity contribution in [2.75, 3.05) is 21.3 Å². The largest absolute Gasteiger partial charge is 0.411 e. The first-order chi connectivity index (χ1) is 12.8. The van der Waals surface area contributed by atoms with Gasteiger partial charge in [-0.15, -0.1) is 0 Å². The van der Waals surface area contributed by atoms with Gasteiger partial charge in [-0.05, 0) is 38.4 Å². The molecule has 0 amide bonds. The molecule has 0 aromatic rings. The zero-order valence-corrected chi connectivity index (χ0v) is 20.2. The third kappa shape index (κ3) is 3.60. The van der Waals surface area contributed by atoms with Gasteiger partial charge in [-0.2, -0.15) is 5.06 Å². The molecule has 28 heavy (non-hydrogen) atoms. The van der Waals surface area contributed by atoms with E-state index in [4.69, 9.17) is 28.2 Å². The summed E-state index contributed by atoms with van der Waals surface area (Å²) < 4.78 is 31.6. The van der Waals surface area contributed by atoms with Crippen molar-refractivity contribution in [3.63, 3.8) is 0 Å². The van der Waals surface area contributed by atoms with Crippen LogP contribution in [0.5, 0.6) is 0 Å². The molecule has 1 aliphatic carbocycles. The molecule has 2 aliphatic heterocycles. The summed E-state index contributed by atoms with van der Waals surface area (Å²) in [4.78, 5) is 6.09. The lowest BCUT2D eigenvalue weighted by molar-refractivity contribution is -0.459. The number of hydrogen-bond acceptors (Lipinski definition) is 7. The van der Waals surface area contributed by atoms with E-state index in [9.17, 15) is 0 Å². The van der Waals surface area contributed by atoms with Crippen molar-refractivity contribution in [3.8, 4) is 0 Å². The van der Waals surface area contributed by atoms with Crippen molar-refractivity contribution < 1.29 is 28.2 Å². The van der Waals surface area contributed by atoms with E-state index in [0.29, 0.717) is 0 Å². The lowest BCUT2D eigenvalue weighted by Gasteiger charge is -2.55. The van der Waals surface area contributed by atoms with Gasteiger partial charge in [-0.3, -0.25) is 4.84 Å². The minimum Gasteiger partial charge on any atom is -0.411 e. The summed E-state index contributed by atoms with van der Waals surface area (Å²) in [6, 6.07) is 0.0823. The van der Waals surface area contributed by atoms with E-state index in [1.54, 1.807) is 14.2 Å². The zero-order chi connectivity index (χ0) is 21.1. The Morgan fingerprint density at radius 3 is 2.00 bits per heavy atom. The first-order valence-corrected chi connectivity index (χ1v) is 13.2. The fourth-order valence-corrected chi connectivity index (χ4v) is 5.58. The van der Waals surface area contributed by atoms with Gasteiger partial charge in [0.25, 0.3) is 0 Å². The van der Waals surface area contributed by atoms with Crippen molar-refractivity contribution in [2.45, 2.75) is 108 Å². The molecule has 3 fully saturated rings. The van der Waals surface area contributed by atoms with Crippen LogP contribution in [-0.2, 0) is 28.2 Å². The summed E-state index contributed by atoms with van der Waals surface area (Å²) in [6.07, 6.45) is 1.16. The Kier molecular flexibility index (Phi) is 5.87. The van der Waals surface area contributed by atoms with Crippen LogP contribution in [0.2, 0.25) is 18.1 Å². The molecule has 164 valence electrons. The molecule has 0 spiro atoms. The lowest BCUT2D eigenvalue weighted by atomic mass is 9.96. The summed E-state index contributed by atoms with van der Waals surface area (Å²) >= 11 is 0. The monoisotopic (exact) mass is 417 g/mol. The Balaban J connectivity index is 1.97. The summed E-state index contributed by atoms with van der Waals surface area (Å²) in [6.45, 7) is 15.1. The molecule has 2 heterocycles. The number of likely N-dealkylation sites (N-methyl/N-ethyl adjacent to an activating group) is 1. The summed E-state index contributed by atoms with van der Waals surface area (Å²) in [5.74, 6) is -2.07. The number of fused-ring (bicyclic) bond motifs is 4. The molecule has 7 nitrogen and oxygen atoms in total. The molecule has 2 bridgehead atoms. The van der Waals surface area contributed by atoms with Gasteiger partial charge >= 0.3 is 0 Å². The van der Waals surface area contributed by atoms with E-state index in [-0.39, 0.29) is 35.5 Å². The average molecular weight is 418 g/mol. The van der Waals surface area contributed by atoms with Gasteiger partial charge in [0.05, 0.1) is 18.2 Å². The standard InChI is InChI=1S/C20H39NO6Si/c1-18(2,3)28(9,10)27-15-12-13-11-14(21(6)26-13)16-17(15)25-20(5,23-8)19(4,22-7)24-16/h13-17H,11-12H2,1-10H3/t13-,14+,15-,16-,17-,19+,20+/m1/s1. The third-order valence-corrected chi connectivity index (χ3v) is 11.9. The van der Waals surface area contributed by atoms with Crippen molar-refractivity contribution >= 4 is 8.32 Å². The first-order valence-electron chi connectivity index (χ1n) is 10.3. The molecule has 0 aromatic carbocycles. The van der Waals surface area contributed by atoms with Crippen LogP contribution >= 0.6 is 0 Å². The SMILES string of the molecule is CO[C@@]1(C)O[C@H]2[C@H](O[C@]1(C)OC)[C@@H]1C[C@H](C[C@H]2O[Si](C)(C)C(C)(C)C)ON1C. The van der Waals surface area contributed by atoms with E-state index in [1.807, 2.05) is 26.0 Å². The molecule has 0 N–H and O–H groups in total. The molecule has 1 saturated carbocycles. The third-order valence-electron chi connectivity index (χ3n) is 7.43. The normalized spacial score (nSPS) is 45.0. The second kappa shape index (κ2) is 7.27. The van der Waals surface area contributed by atoms with Gasteiger partial charge in [0.1, 0.15) is 12.2 Å². The molecule has 0 aromatic heterocycles. The van der Waals surface area contributed by atoms with Crippen LogP contribution in [-0.4, -0.2) is 76.7 Å². The number of nitrogens with zero attached hydrogens (tertiary/aromatic N) is 1. The van der Waals surface area contributed by atoms with E-state index < -0.39 is 19.9 Å². The van der Waals surface area contributed by atoms with E-state index in [2.05, 4.69) is 33.9 Å². The topological polar surface area (TPSA) is 58.6 Å². The first kappa shape index (κ1) is 22.6. The van der Waals surface area contributed by atoms with Gasteiger partial charge in [-0.1, -0.05) is 20.8 Å². The number of rotatable bonds is 4. The smallest absolute Gasteiger partial charge is 0.220 e. The maximum absolute atomic E-state index is 6.86. The Morgan fingerprint density at radius 1 is 0.964 bits per heavy atom. The van der Waals surface area contributed by atoms with Crippen molar-refractivity contribution in [3.05, 3.63) is 0 Å². The van der Waals surface area contributed by atoms with Gasteiger partial charge in [-0.25, -0.2) is 0 Å². The molecule has 0 unspecified atom stereocenters. The van der Waals surface area contributed by atoms with Crippen LogP contribution in [0, 0.1) is 0 Å². The number of hydroxylamine groups is 2. The summed E-state index contributed by atoms with van der Waals surface area (Å²) in [5, 5.41) is 2.02. The minimum atomic E-state index is -2.01. The predicted octanol–water partition coefficient (Wildman–Crippen LogP) is 3.29. The van der Waals surface area contributed by atoms with Gasteiger partial charge in [0.2, 0.25) is 11.6 Å². The van der Waals surface area contributed by atoms with Crippen LogP contribution in [0.3, 0.4) is 0 Å². The van der Waals surface area contributed by atoms with Gasteiger partial charge in [0.15, 0.2) is 8.32 Å². The second-order valence-electron chi connectivity index (χ2n) is 10.2. The molecule has 0 radical (unpaired) electrons.